The first-order valence-corrected chi connectivity index (χ1v) is 8.55. The molecule has 0 aliphatic carbocycles. The molecule has 0 aromatic carbocycles. The lowest BCUT2D eigenvalue weighted by Crippen LogP contribution is -2.15. The molecule has 0 radical (unpaired) electrons. The largest absolute Gasteiger partial charge is 0.478 e. The van der Waals surface area contributed by atoms with Crippen molar-refractivity contribution in [3.05, 3.63) is 92.2 Å². The van der Waals surface area contributed by atoms with Crippen LogP contribution in [0.25, 0.3) is 24.3 Å². The van der Waals surface area contributed by atoms with Crippen LogP contribution in [0.5, 0.6) is 0 Å². The van der Waals surface area contributed by atoms with Crippen molar-refractivity contribution >= 4 is 30.3 Å². The number of hydrogen-bond acceptors (Lipinski definition) is 1. The Morgan fingerprint density at radius 1 is 0.630 bits per heavy atom. The van der Waals surface area contributed by atoms with Gasteiger partial charge in [-0.15, -0.1) is 0 Å². The molecule has 0 fully saturated rings. The van der Waals surface area contributed by atoms with Gasteiger partial charge in [-0.05, 0) is 66.8 Å². The Bertz CT molecular complexity index is 1410. The minimum atomic E-state index is -0.965. The number of carboxylic acids is 1. The van der Waals surface area contributed by atoms with E-state index in [1.54, 1.807) is 12.1 Å². The number of hydrogen-bond donors (Lipinski definition) is 5. The first-order chi connectivity index (χ1) is 13.1. The number of aromatic nitrogens is 4. The maximum atomic E-state index is 11.6. The molecule has 0 amide bonds. The van der Waals surface area contributed by atoms with E-state index in [2.05, 4.69) is 19.9 Å². The van der Waals surface area contributed by atoms with Crippen LogP contribution in [0.1, 0.15) is 33.1 Å². The Balaban J connectivity index is 1.82. The van der Waals surface area contributed by atoms with Crippen LogP contribution in [0.3, 0.4) is 0 Å². The summed E-state index contributed by atoms with van der Waals surface area (Å²) in [6, 6.07) is 13.5. The van der Waals surface area contributed by atoms with Gasteiger partial charge in [-0.1, -0.05) is 0 Å². The normalized spacial score (nSPS) is 12.4. The molecule has 1 aliphatic rings. The molecular formula is C21H16N4O2. The zero-order valence-corrected chi connectivity index (χ0v) is 14.2. The summed E-state index contributed by atoms with van der Waals surface area (Å²) in [6.07, 6.45) is 7.73. The van der Waals surface area contributed by atoms with E-state index >= 15 is 0 Å². The van der Waals surface area contributed by atoms with Gasteiger partial charge in [0.1, 0.15) is 0 Å². The second-order valence-electron chi connectivity index (χ2n) is 6.54. The Labute approximate surface area is 152 Å². The van der Waals surface area contributed by atoms with Gasteiger partial charge in [0.25, 0.3) is 0 Å². The maximum absolute atomic E-state index is 11.6. The highest BCUT2D eigenvalue weighted by molar-refractivity contribution is 5.88. The number of aromatic carboxylic acids is 1. The van der Waals surface area contributed by atoms with Crippen LogP contribution in [0, 0.1) is 0 Å². The third kappa shape index (κ3) is 2.93. The predicted octanol–water partition coefficient (Wildman–Crippen LogP) is 0.326. The summed E-state index contributed by atoms with van der Waals surface area (Å²) >= 11 is 0. The first-order valence-electron chi connectivity index (χ1n) is 8.55. The fourth-order valence-electron chi connectivity index (χ4n) is 3.31. The van der Waals surface area contributed by atoms with E-state index < -0.39 is 5.97 Å². The maximum Gasteiger partial charge on any atom is 0.337 e. The summed E-state index contributed by atoms with van der Waals surface area (Å²) in [7, 11) is 0. The van der Waals surface area contributed by atoms with Crippen molar-refractivity contribution < 1.29 is 9.90 Å². The summed E-state index contributed by atoms with van der Waals surface area (Å²) in [5, 5.41) is 12.8. The summed E-state index contributed by atoms with van der Waals surface area (Å²) in [4.78, 5) is 24.8. The van der Waals surface area contributed by atoms with Gasteiger partial charge >= 0.3 is 5.97 Å². The van der Waals surface area contributed by atoms with Crippen molar-refractivity contribution in [3.8, 4) is 0 Å². The third-order valence-electron chi connectivity index (χ3n) is 4.53. The van der Waals surface area contributed by atoms with Gasteiger partial charge in [0.2, 0.25) is 0 Å². The van der Waals surface area contributed by atoms with Crippen molar-refractivity contribution in [3.63, 3.8) is 0 Å². The van der Waals surface area contributed by atoms with Crippen molar-refractivity contribution in [1.29, 1.82) is 0 Å². The molecule has 0 saturated carbocycles. The zero-order chi connectivity index (χ0) is 18.4. The quantitative estimate of drug-likeness (QED) is 0.299. The lowest BCUT2D eigenvalue weighted by Gasteiger charge is -1.90. The minimum absolute atomic E-state index is 0.234. The number of aromatic amines is 4. The number of fused-ring (bicyclic) bond motifs is 8. The van der Waals surface area contributed by atoms with Gasteiger partial charge in [0.15, 0.2) is 0 Å². The van der Waals surface area contributed by atoms with E-state index in [0.29, 0.717) is 5.35 Å². The second kappa shape index (κ2) is 5.81. The van der Waals surface area contributed by atoms with Gasteiger partial charge in [0.05, 0.1) is 10.9 Å². The van der Waals surface area contributed by atoms with E-state index in [4.69, 9.17) is 0 Å². The van der Waals surface area contributed by atoms with Gasteiger partial charge in [-0.2, -0.15) is 0 Å². The molecule has 6 nitrogen and oxygen atoms in total. The summed E-state index contributed by atoms with van der Waals surface area (Å²) in [6.45, 7) is 0. The Kier molecular flexibility index (Phi) is 3.30. The molecule has 0 atom stereocenters. The highest BCUT2D eigenvalue weighted by Gasteiger charge is 2.08. The molecule has 6 heteroatoms. The van der Waals surface area contributed by atoms with Crippen LogP contribution in [-0.2, 0) is 0 Å². The van der Waals surface area contributed by atoms with Crippen molar-refractivity contribution in [1.82, 2.24) is 19.9 Å². The smallest absolute Gasteiger partial charge is 0.337 e. The first kappa shape index (κ1) is 15.3. The zero-order valence-electron chi connectivity index (χ0n) is 14.2. The summed E-state index contributed by atoms with van der Waals surface area (Å²) in [5.74, 6) is -0.965. The highest BCUT2D eigenvalue weighted by atomic mass is 16.4. The van der Waals surface area contributed by atoms with Gasteiger partial charge in [-0.25, -0.2) is 4.79 Å². The van der Waals surface area contributed by atoms with Crippen molar-refractivity contribution in [2.24, 2.45) is 0 Å². The topological polar surface area (TPSA) is 100 Å². The van der Waals surface area contributed by atoms with E-state index in [-0.39, 0.29) is 5.56 Å². The molecule has 4 aromatic heterocycles. The van der Waals surface area contributed by atoms with Crippen LogP contribution < -0.4 is 21.4 Å². The summed E-state index contributed by atoms with van der Waals surface area (Å²) in [5.41, 5.74) is 3.83. The molecule has 4 aromatic rings. The molecule has 0 unspecified atom stereocenters. The number of carbonyl (C=O) groups is 1. The standard InChI is InChI=1S/C21H16N4O2/c26-21(27)19-10-18-9-16-4-3-14(23-16)7-12-1-2-13(22-12)8-15-5-6-17(24-15)11-20(19)25-18/h1-11,22-25H,(H,26,27). The van der Waals surface area contributed by atoms with E-state index in [1.807, 2.05) is 54.6 Å². The molecule has 5 heterocycles. The molecular weight excluding hydrogens is 340 g/mol. The van der Waals surface area contributed by atoms with Gasteiger partial charge < -0.3 is 25.0 Å². The monoisotopic (exact) mass is 356 g/mol. The van der Waals surface area contributed by atoms with E-state index in [9.17, 15) is 9.90 Å². The second-order valence-corrected chi connectivity index (χ2v) is 6.54. The molecule has 1 aliphatic heterocycles. The van der Waals surface area contributed by atoms with Gasteiger partial charge in [0, 0.05) is 38.8 Å². The van der Waals surface area contributed by atoms with Crippen molar-refractivity contribution in [2.75, 3.05) is 0 Å². The molecule has 27 heavy (non-hydrogen) atoms. The van der Waals surface area contributed by atoms with Crippen LogP contribution in [0.2, 0.25) is 0 Å². The Morgan fingerprint density at radius 2 is 1.15 bits per heavy atom. The number of nitrogens with one attached hydrogen (secondary N) is 4. The van der Waals surface area contributed by atoms with Crippen LogP contribution in [-0.4, -0.2) is 31.0 Å². The highest BCUT2D eigenvalue weighted by Crippen LogP contribution is 2.05. The lowest BCUT2D eigenvalue weighted by molar-refractivity contribution is 0.0696. The Morgan fingerprint density at radius 3 is 1.70 bits per heavy atom. The Hall–Kier alpha value is -3.93. The van der Waals surface area contributed by atoms with E-state index in [1.165, 1.54) is 0 Å². The molecule has 132 valence electrons. The molecule has 8 bridgehead atoms. The van der Waals surface area contributed by atoms with Crippen molar-refractivity contribution in [2.45, 2.75) is 0 Å². The number of carboxylic acid groups (broad SMARTS) is 1. The van der Waals surface area contributed by atoms with Crippen LogP contribution in [0.15, 0.2) is 42.5 Å². The molecule has 5 N–H and O–H groups in total. The third-order valence-corrected chi connectivity index (χ3v) is 4.53. The molecule has 0 spiro atoms. The van der Waals surface area contributed by atoms with Crippen LogP contribution >= 0.6 is 0 Å². The molecule has 0 saturated heterocycles. The molecule has 5 rings (SSSR count). The number of H-pyrrole nitrogens is 4. The van der Waals surface area contributed by atoms with Gasteiger partial charge in [-0.3, -0.25) is 0 Å². The fourth-order valence-corrected chi connectivity index (χ4v) is 3.31. The van der Waals surface area contributed by atoms with Crippen LogP contribution in [0.4, 0.5) is 0 Å². The SMILES string of the molecule is O=C(O)c1cc2[nH]c1=Cc1ccc([nH]1)C=c1ccc([nH]1)=Cc1ccc([nH]1)C=2. The van der Waals surface area contributed by atoms with E-state index in [0.717, 1.165) is 38.8 Å². The fraction of sp³-hybridized carbons (Fsp3) is 0. The average molecular weight is 356 g/mol. The predicted molar refractivity (Wildman–Crippen MR) is 103 cm³/mol. The average Bonchev–Trinajstić information content (AvgIpc) is 3.38. The number of rotatable bonds is 1. The lowest BCUT2D eigenvalue weighted by atomic mass is 10.2. The summed E-state index contributed by atoms with van der Waals surface area (Å²) < 4.78 is 0. The minimum Gasteiger partial charge on any atom is -0.478 e.